The zero-order valence-electron chi connectivity index (χ0n) is 17.7. The minimum absolute atomic E-state index is 0.318. The van der Waals surface area contributed by atoms with Gasteiger partial charge in [0.1, 0.15) is 11.6 Å². The number of aryl methyl sites for hydroxylation is 1. The number of halogens is 1. The Labute approximate surface area is 190 Å². The van der Waals surface area contributed by atoms with E-state index in [2.05, 4.69) is 5.32 Å². The Balaban J connectivity index is 1.96. The summed E-state index contributed by atoms with van der Waals surface area (Å²) in [5.74, 6) is -2.60. The average Bonchev–Trinajstić information content (AvgIpc) is 2.77. The molecule has 0 aliphatic rings. The summed E-state index contributed by atoms with van der Waals surface area (Å²) < 4.78 is 48.1. The number of sulfonamides is 1. The normalized spacial score (nSPS) is 12.0. The smallest absolute Gasteiger partial charge is 0.342 e. The van der Waals surface area contributed by atoms with E-state index in [0.29, 0.717) is 17.0 Å². The molecule has 3 rings (SSSR count). The first-order valence-corrected chi connectivity index (χ1v) is 11.2. The molecule has 0 fully saturated rings. The molecule has 0 heterocycles. The number of carbonyl (C=O) groups is 2. The van der Waals surface area contributed by atoms with Crippen molar-refractivity contribution in [1.29, 1.82) is 0 Å². The monoisotopic (exact) mass is 472 g/mol. The predicted octanol–water partition coefficient (Wildman–Crippen LogP) is 3.33. The molecular formula is C23H21FN2O6S. The molecule has 8 nitrogen and oxygen atoms in total. The maximum absolute atomic E-state index is 14.3. The Morgan fingerprint density at radius 3 is 2.36 bits per heavy atom. The summed E-state index contributed by atoms with van der Waals surface area (Å²) in [5, 5.41) is 7.72. The van der Waals surface area contributed by atoms with Gasteiger partial charge >= 0.3 is 5.97 Å². The van der Waals surface area contributed by atoms with E-state index in [0.717, 1.165) is 23.8 Å². The molecule has 10 heteroatoms. The zero-order chi connectivity index (χ0) is 24.2. The number of rotatable bonds is 7. The fraction of sp³-hybridized carbons (Fsp3) is 0.130. The van der Waals surface area contributed by atoms with E-state index in [1.165, 1.54) is 7.11 Å². The van der Waals surface area contributed by atoms with Crippen molar-refractivity contribution in [2.75, 3.05) is 12.4 Å². The summed E-state index contributed by atoms with van der Waals surface area (Å²) in [6, 6.07) is 15.7. The second-order valence-corrected chi connectivity index (χ2v) is 8.64. The summed E-state index contributed by atoms with van der Waals surface area (Å²) in [6.07, 6.45) is -1.47. The molecule has 172 valence electrons. The fourth-order valence-corrected chi connectivity index (χ4v) is 3.57. The zero-order valence-corrected chi connectivity index (χ0v) is 18.6. The highest BCUT2D eigenvalue weighted by molar-refractivity contribution is 7.89. The van der Waals surface area contributed by atoms with Crippen LogP contribution in [0.2, 0.25) is 0 Å². The molecule has 33 heavy (non-hydrogen) atoms. The molecule has 0 aliphatic carbocycles. The number of carbonyl (C=O) groups excluding carboxylic acids is 2. The Morgan fingerprint density at radius 2 is 1.73 bits per heavy atom. The molecule has 3 aromatic rings. The molecule has 1 unspecified atom stereocenters. The van der Waals surface area contributed by atoms with Gasteiger partial charge in [-0.2, -0.15) is 0 Å². The first-order chi connectivity index (χ1) is 15.6. The third-order valence-electron chi connectivity index (χ3n) is 4.66. The van der Waals surface area contributed by atoms with E-state index in [9.17, 15) is 22.4 Å². The number of esters is 1. The van der Waals surface area contributed by atoms with Gasteiger partial charge in [0.05, 0.1) is 23.3 Å². The summed E-state index contributed by atoms with van der Waals surface area (Å²) in [7, 11) is -2.75. The van der Waals surface area contributed by atoms with Crippen molar-refractivity contribution in [3.8, 4) is 5.75 Å². The Morgan fingerprint density at radius 1 is 1.03 bits per heavy atom. The quantitative estimate of drug-likeness (QED) is 0.508. The lowest BCUT2D eigenvalue weighted by molar-refractivity contribution is -0.125. The van der Waals surface area contributed by atoms with Crippen molar-refractivity contribution in [2.24, 2.45) is 5.14 Å². The van der Waals surface area contributed by atoms with Crippen molar-refractivity contribution >= 4 is 27.6 Å². The minimum atomic E-state index is -4.19. The second kappa shape index (κ2) is 9.80. The molecular weight excluding hydrogens is 451 g/mol. The van der Waals surface area contributed by atoms with Gasteiger partial charge in [-0.25, -0.2) is 22.7 Å². The van der Waals surface area contributed by atoms with Crippen LogP contribution in [0.25, 0.3) is 0 Å². The van der Waals surface area contributed by atoms with E-state index in [1.54, 1.807) is 48.5 Å². The van der Waals surface area contributed by atoms with Crippen LogP contribution >= 0.6 is 0 Å². The van der Waals surface area contributed by atoms with E-state index < -0.39 is 44.3 Å². The standard InChI is InChI=1S/C23H21FN2O6S/c1-14-8-11-20(31-2)19(12-14)26-22(27)21(15-6-4-3-5-7-15)32-23(28)17-13-16(33(25,29)30)9-10-18(17)24/h3-13,21H,1-2H3,(H,26,27)(H2,25,29,30). The van der Waals surface area contributed by atoms with Gasteiger partial charge in [0.15, 0.2) is 0 Å². The van der Waals surface area contributed by atoms with E-state index in [4.69, 9.17) is 14.6 Å². The van der Waals surface area contributed by atoms with E-state index in [-0.39, 0.29) is 0 Å². The van der Waals surface area contributed by atoms with Gasteiger partial charge in [-0.15, -0.1) is 0 Å². The molecule has 0 saturated carbocycles. The lowest BCUT2D eigenvalue weighted by atomic mass is 10.1. The lowest BCUT2D eigenvalue weighted by Gasteiger charge is -2.19. The van der Waals surface area contributed by atoms with Crippen molar-refractivity contribution in [3.63, 3.8) is 0 Å². The number of hydrogen-bond donors (Lipinski definition) is 2. The molecule has 3 N–H and O–H groups in total. The van der Waals surface area contributed by atoms with Gasteiger partial charge in [-0.3, -0.25) is 4.79 Å². The number of amides is 1. The van der Waals surface area contributed by atoms with Gasteiger partial charge in [0.2, 0.25) is 16.1 Å². The van der Waals surface area contributed by atoms with Crippen molar-refractivity contribution in [3.05, 3.63) is 89.2 Å². The minimum Gasteiger partial charge on any atom is -0.495 e. The fourth-order valence-electron chi connectivity index (χ4n) is 3.03. The third kappa shape index (κ3) is 5.73. The van der Waals surface area contributed by atoms with Crippen LogP contribution in [0, 0.1) is 12.7 Å². The summed E-state index contributed by atoms with van der Waals surface area (Å²) >= 11 is 0. The Hall–Kier alpha value is -3.76. The molecule has 0 radical (unpaired) electrons. The number of benzene rings is 3. The molecule has 0 bridgehead atoms. The van der Waals surface area contributed by atoms with Crippen LogP contribution in [0.5, 0.6) is 5.75 Å². The summed E-state index contributed by atoms with van der Waals surface area (Å²) in [5.41, 5.74) is 0.837. The highest BCUT2D eigenvalue weighted by Crippen LogP contribution is 2.28. The maximum atomic E-state index is 14.3. The largest absolute Gasteiger partial charge is 0.495 e. The van der Waals surface area contributed by atoms with Crippen molar-refractivity contribution in [1.82, 2.24) is 0 Å². The van der Waals surface area contributed by atoms with Crippen LogP contribution in [0.3, 0.4) is 0 Å². The average molecular weight is 472 g/mol. The number of nitrogens with one attached hydrogen (secondary N) is 1. The third-order valence-corrected chi connectivity index (χ3v) is 5.58. The Kier molecular flexibility index (Phi) is 7.10. The van der Waals surface area contributed by atoms with E-state index >= 15 is 0 Å². The topological polar surface area (TPSA) is 125 Å². The molecule has 1 amide bonds. The summed E-state index contributed by atoms with van der Waals surface area (Å²) in [4.78, 5) is 25.4. The number of ether oxygens (including phenoxy) is 2. The molecule has 0 aliphatic heterocycles. The summed E-state index contributed by atoms with van der Waals surface area (Å²) in [6.45, 7) is 1.82. The van der Waals surface area contributed by atoms with Gasteiger partial charge in [-0.1, -0.05) is 36.4 Å². The van der Waals surface area contributed by atoms with Gasteiger partial charge in [0.25, 0.3) is 5.91 Å². The predicted molar refractivity (Wildman–Crippen MR) is 119 cm³/mol. The van der Waals surface area contributed by atoms with Crippen LogP contribution in [-0.2, 0) is 19.6 Å². The van der Waals surface area contributed by atoms with Crippen molar-refractivity contribution < 1.29 is 31.9 Å². The van der Waals surface area contributed by atoms with Crippen molar-refractivity contribution in [2.45, 2.75) is 17.9 Å². The van der Waals surface area contributed by atoms with E-state index in [1.807, 2.05) is 6.92 Å². The number of hydrogen-bond acceptors (Lipinski definition) is 6. The van der Waals surface area contributed by atoms with Crippen LogP contribution in [0.15, 0.2) is 71.6 Å². The van der Waals surface area contributed by atoms with Gasteiger partial charge < -0.3 is 14.8 Å². The van der Waals surface area contributed by atoms with Crippen LogP contribution in [0.1, 0.15) is 27.6 Å². The molecule has 0 spiro atoms. The first-order valence-electron chi connectivity index (χ1n) is 9.64. The van der Waals surface area contributed by atoms with Gasteiger partial charge in [-0.05, 0) is 42.8 Å². The number of primary sulfonamides is 1. The Bertz CT molecular complexity index is 1300. The molecule has 0 aromatic heterocycles. The lowest BCUT2D eigenvalue weighted by Crippen LogP contribution is -2.26. The van der Waals surface area contributed by atoms with Crippen LogP contribution < -0.4 is 15.2 Å². The first kappa shape index (κ1) is 23.9. The number of methoxy groups -OCH3 is 1. The molecule has 3 aromatic carbocycles. The number of anilines is 1. The highest BCUT2D eigenvalue weighted by Gasteiger charge is 2.28. The van der Waals surface area contributed by atoms with Gasteiger partial charge in [0, 0.05) is 5.56 Å². The van der Waals surface area contributed by atoms with Crippen LogP contribution in [0.4, 0.5) is 10.1 Å². The van der Waals surface area contributed by atoms with Crippen LogP contribution in [-0.4, -0.2) is 27.4 Å². The second-order valence-electron chi connectivity index (χ2n) is 7.08. The molecule has 1 atom stereocenters. The highest BCUT2D eigenvalue weighted by atomic mass is 32.2. The number of nitrogens with two attached hydrogens (primary N) is 1. The molecule has 0 saturated heterocycles. The SMILES string of the molecule is COc1ccc(C)cc1NC(=O)C(OC(=O)c1cc(S(N)(=O)=O)ccc1F)c1ccccc1. The maximum Gasteiger partial charge on any atom is 0.342 e.